The van der Waals surface area contributed by atoms with Gasteiger partial charge >= 0.3 is 0 Å². The summed E-state index contributed by atoms with van der Waals surface area (Å²) < 4.78 is 0. The Hall–Kier alpha value is -1.40. The number of benzene rings is 1. The Morgan fingerprint density at radius 2 is 2.29 bits per heavy atom. The van der Waals surface area contributed by atoms with Crippen molar-refractivity contribution in [2.75, 3.05) is 18.4 Å². The minimum Gasteiger partial charge on any atom is -0.298 e. The zero-order valence-corrected chi connectivity index (χ0v) is 15.5. The van der Waals surface area contributed by atoms with Crippen LogP contribution in [0.15, 0.2) is 24.3 Å². The lowest BCUT2D eigenvalue weighted by Gasteiger charge is -2.23. The molecule has 7 heteroatoms. The number of carbonyl (C=O) groups is 1. The van der Waals surface area contributed by atoms with E-state index in [2.05, 4.69) is 22.1 Å². The fourth-order valence-corrected chi connectivity index (χ4v) is 4.05. The number of aromatic nitrogens is 1. The van der Waals surface area contributed by atoms with Gasteiger partial charge in [0.2, 0.25) is 5.91 Å². The lowest BCUT2D eigenvalue weighted by molar-refractivity contribution is -0.111. The number of nitrogens with zero attached hydrogens (tertiary/aromatic N) is 2. The van der Waals surface area contributed by atoms with E-state index in [1.54, 1.807) is 35.6 Å². The molecule has 0 unspecified atom stereocenters. The monoisotopic (exact) mass is 381 g/mol. The summed E-state index contributed by atoms with van der Waals surface area (Å²) in [5.41, 5.74) is 1.85. The van der Waals surface area contributed by atoms with E-state index in [0.717, 1.165) is 37.3 Å². The maximum atomic E-state index is 12.1. The molecule has 0 saturated heterocycles. The standard InChI is InChI=1S/C17H17Cl2N3OS/c1-2-22-8-7-14-15(10-22)24-17(20-14)21-16(23)6-4-11-3-5-12(18)9-13(11)19/h3-6,9H,2,7-8,10H2,1H3,(H,20,21,23). The van der Waals surface area contributed by atoms with Gasteiger partial charge in [-0.15, -0.1) is 11.3 Å². The second kappa shape index (κ2) is 7.66. The molecule has 1 aliphatic heterocycles. The van der Waals surface area contributed by atoms with Crippen molar-refractivity contribution >= 4 is 51.7 Å². The number of hydrogen-bond acceptors (Lipinski definition) is 4. The molecule has 0 fully saturated rings. The Labute approximate surface area is 155 Å². The molecule has 1 aromatic heterocycles. The molecule has 2 heterocycles. The number of fused-ring (bicyclic) bond motifs is 1. The van der Waals surface area contributed by atoms with Gasteiger partial charge in [-0.2, -0.15) is 0 Å². The molecule has 0 radical (unpaired) electrons. The lowest BCUT2D eigenvalue weighted by Crippen LogP contribution is -2.29. The third-order valence-corrected chi connectivity index (χ3v) is 5.42. The van der Waals surface area contributed by atoms with Crippen LogP contribution >= 0.6 is 34.5 Å². The molecule has 0 spiro atoms. The predicted octanol–water partition coefficient (Wildman–Crippen LogP) is 4.48. The maximum absolute atomic E-state index is 12.1. The third kappa shape index (κ3) is 4.16. The number of amides is 1. The van der Waals surface area contributed by atoms with Crippen molar-refractivity contribution in [2.24, 2.45) is 0 Å². The Morgan fingerprint density at radius 1 is 1.46 bits per heavy atom. The number of likely N-dealkylation sites (N-methyl/N-ethyl adjacent to an activating group) is 1. The van der Waals surface area contributed by atoms with E-state index in [1.165, 1.54) is 11.0 Å². The van der Waals surface area contributed by atoms with Gasteiger partial charge in [-0.1, -0.05) is 36.2 Å². The van der Waals surface area contributed by atoms with Crippen molar-refractivity contribution in [3.05, 3.63) is 50.5 Å². The average Bonchev–Trinajstić information content (AvgIpc) is 2.95. The molecule has 1 N–H and O–H groups in total. The zero-order chi connectivity index (χ0) is 17.1. The second-order valence-corrected chi connectivity index (χ2v) is 7.42. The molecule has 0 bridgehead atoms. The molecule has 0 aliphatic carbocycles. The van der Waals surface area contributed by atoms with Gasteiger partial charge in [-0.25, -0.2) is 4.98 Å². The van der Waals surface area contributed by atoms with Crippen molar-refractivity contribution in [3.8, 4) is 0 Å². The highest BCUT2D eigenvalue weighted by Crippen LogP contribution is 2.28. The first-order valence-electron chi connectivity index (χ1n) is 7.70. The highest BCUT2D eigenvalue weighted by molar-refractivity contribution is 7.15. The summed E-state index contributed by atoms with van der Waals surface area (Å²) in [6, 6.07) is 5.16. The first-order chi connectivity index (χ1) is 11.5. The summed E-state index contributed by atoms with van der Waals surface area (Å²) in [5, 5.41) is 4.55. The average molecular weight is 382 g/mol. The summed E-state index contributed by atoms with van der Waals surface area (Å²) in [6.45, 7) is 5.12. The van der Waals surface area contributed by atoms with E-state index in [0.29, 0.717) is 15.2 Å². The van der Waals surface area contributed by atoms with Crippen LogP contribution < -0.4 is 5.32 Å². The number of rotatable bonds is 4. The molecule has 2 aromatic rings. The van der Waals surface area contributed by atoms with Crippen LogP contribution in [0.3, 0.4) is 0 Å². The number of carbonyl (C=O) groups excluding carboxylic acids is 1. The summed E-state index contributed by atoms with van der Waals surface area (Å²) in [5.74, 6) is -0.223. The fraction of sp³-hybridized carbons (Fsp3) is 0.294. The van der Waals surface area contributed by atoms with Gasteiger partial charge in [0.1, 0.15) is 0 Å². The highest BCUT2D eigenvalue weighted by atomic mass is 35.5. The smallest absolute Gasteiger partial charge is 0.250 e. The van der Waals surface area contributed by atoms with Gasteiger partial charge < -0.3 is 0 Å². The molecular weight excluding hydrogens is 365 g/mol. The number of hydrogen-bond donors (Lipinski definition) is 1. The van der Waals surface area contributed by atoms with E-state index in [4.69, 9.17) is 23.2 Å². The van der Waals surface area contributed by atoms with Crippen LogP contribution in [0.4, 0.5) is 5.13 Å². The van der Waals surface area contributed by atoms with Crippen molar-refractivity contribution < 1.29 is 4.79 Å². The van der Waals surface area contributed by atoms with Gasteiger partial charge in [-0.05, 0) is 30.3 Å². The molecule has 0 saturated carbocycles. The number of nitrogens with one attached hydrogen (secondary N) is 1. The van der Waals surface area contributed by atoms with Gasteiger partial charge in [0, 0.05) is 40.5 Å². The van der Waals surface area contributed by atoms with Gasteiger partial charge in [0.25, 0.3) is 0 Å². The summed E-state index contributed by atoms with van der Waals surface area (Å²) in [4.78, 5) is 20.2. The van der Waals surface area contributed by atoms with Crippen LogP contribution in [0, 0.1) is 0 Å². The zero-order valence-electron chi connectivity index (χ0n) is 13.2. The minimum atomic E-state index is -0.223. The molecule has 3 rings (SSSR count). The summed E-state index contributed by atoms with van der Waals surface area (Å²) in [7, 11) is 0. The van der Waals surface area contributed by atoms with E-state index in [9.17, 15) is 4.79 Å². The SMILES string of the molecule is CCN1CCc2nc(NC(=O)C=Cc3ccc(Cl)cc3Cl)sc2C1. The normalized spacial score (nSPS) is 14.8. The number of halogens is 2. The maximum Gasteiger partial charge on any atom is 0.250 e. The fourth-order valence-electron chi connectivity index (χ4n) is 2.52. The molecule has 1 aromatic carbocycles. The Balaban J connectivity index is 1.65. The first-order valence-corrected chi connectivity index (χ1v) is 9.27. The molecule has 126 valence electrons. The van der Waals surface area contributed by atoms with Crippen molar-refractivity contribution in [2.45, 2.75) is 19.9 Å². The largest absolute Gasteiger partial charge is 0.298 e. The Bertz CT molecular complexity index is 788. The minimum absolute atomic E-state index is 0.223. The van der Waals surface area contributed by atoms with E-state index in [1.807, 2.05) is 0 Å². The van der Waals surface area contributed by atoms with E-state index >= 15 is 0 Å². The van der Waals surface area contributed by atoms with Crippen molar-refractivity contribution in [1.29, 1.82) is 0 Å². The molecule has 24 heavy (non-hydrogen) atoms. The van der Waals surface area contributed by atoms with Crippen LogP contribution in [0.25, 0.3) is 6.08 Å². The molecule has 1 amide bonds. The number of anilines is 1. The summed E-state index contributed by atoms with van der Waals surface area (Å²) in [6.07, 6.45) is 4.06. The van der Waals surface area contributed by atoms with Crippen LogP contribution in [-0.2, 0) is 17.8 Å². The molecule has 1 aliphatic rings. The highest BCUT2D eigenvalue weighted by Gasteiger charge is 2.19. The van der Waals surface area contributed by atoms with E-state index in [-0.39, 0.29) is 5.91 Å². The van der Waals surface area contributed by atoms with Gasteiger partial charge in [-0.3, -0.25) is 15.0 Å². The third-order valence-electron chi connectivity index (χ3n) is 3.86. The topological polar surface area (TPSA) is 45.2 Å². The Kier molecular flexibility index (Phi) is 5.56. The summed E-state index contributed by atoms with van der Waals surface area (Å²) >= 11 is 13.5. The quantitative estimate of drug-likeness (QED) is 0.793. The van der Waals surface area contributed by atoms with Crippen molar-refractivity contribution in [3.63, 3.8) is 0 Å². The van der Waals surface area contributed by atoms with Gasteiger partial charge in [0.15, 0.2) is 5.13 Å². The van der Waals surface area contributed by atoms with E-state index < -0.39 is 0 Å². The van der Waals surface area contributed by atoms with Crippen molar-refractivity contribution in [1.82, 2.24) is 9.88 Å². The molecular formula is C17H17Cl2N3OS. The van der Waals surface area contributed by atoms with Crippen LogP contribution in [0.2, 0.25) is 10.0 Å². The van der Waals surface area contributed by atoms with Crippen LogP contribution in [-0.4, -0.2) is 28.9 Å². The molecule has 4 nitrogen and oxygen atoms in total. The molecule has 0 atom stereocenters. The predicted molar refractivity (Wildman–Crippen MR) is 101 cm³/mol. The first kappa shape index (κ1) is 17.4. The van der Waals surface area contributed by atoms with Gasteiger partial charge in [0.05, 0.1) is 5.69 Å². The Morgan fingerprint density at radius 3 is 3.04 bits per heavy atom. The lowest BCUT2D eigenvalue weighted by atomic mass is 10.2. The van der Waals surface area contributed by atoms with Crippen LogP contribution in [0.5, 0.6) is 0 Å². The number of thiazole rings is 1. The second-order valence-electron chi connectivity index (χ2n) is 5.50. The van der Waals surface area contributed by atoms with Crippen LogP contribution in [0.1, 0.15) is 23.1 Å².